The van der Waals surface area contributed by atoms with Crippen molar-refractivity contribution in [3.63, 3.8) is 0 Å². The maximum Gasteiger partial charge on any atom is 0.254 e. The molecule has 158 valence electrons. The van der Waals surface area contributed by atoms with Crippen molar-refractivity contribution in [3.05, 3.63) is 64.5 Å². The Morgan fingerprint density at radius 3 is 2.87 bits per heavy atom. The lowest BCUT2D eigenvalue weighted by Crippen LogP contribution is -2.26. The number of hydrogen-bond donors (Lipinski definition) is 2. The fraction of sp³-hybridized carbons (Fsp3) is 0.238. The van der Waals surface area contributed by atoms with Crippen molar-refractivity contribution in [1.29, 1.82) is 0 Å². The number of anilines is 1. The van der Waals surface area contributed by atoms with Crippen molar-refractivity contribution in [1.82, 2.24) is 29.5 Å². The molecule has 1 amide bonds. The van der Waals surface area contributed by atoms with Crippen LogP contribution in [-0.2, 0) is 13.6 Å². The molecule has 3 heterocycles. The van der Waals surface area contributed by atoms with E-state index < -0.39 is 5.82 Å². The van der Waals surface area contributed by atoms with Crippen LogP contribution in [0, 0.1) is 5.82 Å². The van der Waals surface area contributed by atoms with E-state index in [4.69, 9.17) is 0 Å². The number of hydrogen-bond acceptors (Lipinski definition) is 5. The molecule has 0 unspecified atom stereocenters. The fourth-order valence-corrected chi connectivity index (χ4v) is 3.77. The minimum Gasteiger partial charge on any atom is -0.361 e. The number of fused-ring (bicyclic) bond motifs is 1. The highest BCUT2D eigenvalue weighted by Gasteiger charge is 2.25. The summed E-state index contributed by atoms with van der Waals surface area (Å²) in [6.45, 7) is 0.525. The van der Waals surface area contributed by atoms with Gasteiger partial charge in [-0.05, 0) is 47.0 Å². The Balaban J connectivity index is 1.46. The minimum absolute atomic E-state index is 0.0471. The molecule has 1 aromatic carbocycles. The van der Waals surface area contributed by atoms with Crippen LogP contribution < -0.4 is 10.6 Å². The van der Waals surface area contributed by atoms with Crippen LogP contribution in [0.25, 0.3) is 16.9 Å². The topological polar surface area (TPSA) is 89.1 Å². The van der Waals surface area contributed by atoms with Gasteiger partial charge in [-0.1, -0.05) is 6.07 Å². The zero-order chi connectivity index (χ0) is 21.5. The predicted octanol–water partition coefficient (Wildman–Crippen LogP) is 3.54. The summed E-state index contributed by atoms with van der Waals surface area (Å²) in [6.07, 6.45) is 7.08. The number of benzene rings is 1. The zero-order valence-corrected chi connectivity index (χ0v) is 18.2. The molecule has 10 heteroatoms. The van der Waals surface area contributed by atoms with Crippen LogP contribution in [-0.4, -0.2) is 36.1 Å². The van der Waals surface area contributed by atoms with Gasteiger partial charge in [0.1, 0.15) is 10.4 Å². The molecule has 1 fully saturated rings. The van der Waals surface area contributed by atoms with Crippen LogP contribution in [0.3, 0.4) is 0 Å². The number of rotatable bonds is 6. The standard InChI is InChI=1S/C21H19BrFN7O/c1-29-14(6-7-26-29)9-24-19-20-25-10-17(30(20)11-18(22)28-19)12-2-5-15(16(23)8-12)21(31)27-13-3-4-13/h2,5-8,10-11,13H,3-4,9H2,1H3,(H,24,28)(H,27,31). The number of nitrogens with one attached hydrogen (secondary N) is 2. The molecule has 1 saturated carbocycles. The SMILES string of the molecule is Cn1nccc1CNc1nc(Br)cn2c(-c3ccc(C(=O)NC4CC4)c(F)c3)cnc12. The quantitative estimate of drug-likeness (QED) is 0.437. The van der Waals surface area contributed by atoms with Gasteiger partial charge in [0.25, 0.3) is 5.91 Å². The first-order chi connectivity index (χ1) is 15.0. The second kappa shape index (κ2) is 7.77. The molecule has 31 heavy (non-hydrogen) atoms. The van der Waals surface area contributed by atoms with Crippen molar-refractivity contribution in [2.75, 3.05) is 5.32 Å². The van der Waals surface area contributed by atoms with Gasteiger partial charge in [-0.3, -0.25) is 13.9 Å². The summed E-state index contributed by atoms with van der Waals surface area (Å²) in [5, 5.41) is 10.3. The van der Waals surface area contributed by atoms with Crippen LogP contribution in [0.2, 0.25) is 0 Å². The van der Waals surface area contributed by atoms with Crippen LogP contribution in [0.1, 0.15) is 28.9 Å². The number of aromatic nitrogens is 5. The van der Waals surface area contributed by atoms with E-state index in [1.165, 1.54) is 12.1 Å². The van der Waals surface area contributed by atoms with E-state index in [1.807, 2.05) is 17.5 Å². The molecule has 0 saturated heterocycles. The van der Waals surface area contributed by atoms with Crippen molar-refractivity contribution in [2.24, 2.45) is 7.05 Å². The average Bonchev–Trinajstić information content (AvgIpc) is 3.29. The third-order valence-corrected chi connectivity index (χ3v) is 5.63. The van der Waals surface area contributed by atoms with Crippen LogP contribution in [0.15, 0.2) is 47.5 Å². The number of carbonyl (C=O) groups excluding carboxylic acids is 1. The molecule has 2 N–H and O–H groups in total. The second-order valence-electron chi connectivity index (χ2n) is 7.49. The molecule has 0 aliphatic heterocycles. The number of aryl methyl sites for hydroxylation is 1. The summed E-state index contributed by atoms with van der Waals surface area (Å²) < 4.78 is 18.9. The van der Waals surface area contributed by atoms with Crippen LogP contribution >= 0.6 is 15.9 Å². The minimum atomic E-state index is -0.562. The average molecular weight is 484 g/mol. The van der Waals surface area contributed by atoms with Gasteiger partial charge < -0.3 is 10.6 Å². The first kappa shape index (κ1) is 19.7. The Morgan fingerprint density at radius 2 is 2.16 bits per heavy atom. The molecule has 8 nitrogen and oxygen atoms in total. The maximum atomic E-state index is 14.7. The van der Waals surface area contributed by atoms with Gasteiger partial charge >= 0.3 is 0 Å². The van der Waals surface area contributed by atoms with Crippen molar-refractivity contribution >= 4 is 33.3 Å². The molecule has 5 rings (SSSR count). The molecule has 0 radical (unpaired) electrons. The lowest BCUT2D eigenvalue weighted by Gasteiger charge is -2.10. The van der Waals surface area contributed by atoms with E-state index >= 15 is 0 Å². The van der Waals surface area contributed by atoms with Gasteiger partial charge in [0.15, 0.2) is 11.5 Å². The maximum absolute atomic E-state index is 14.7. The third kappa shape index (κ3) is 3.90. The molecular formula is C21H19BrFN7O. The largest absolute Gasteiger partial charge is 0.361 e. The molecule has 3 aromatic heterocycles. The Hall–Kier alpha value is -3.27. The number of carbonyl (C=O) groups is 1. The van der Waals surface area contributed by atoms with Crippen LogP contribution in [0.5, 0.6) is 0 Å². The van der Waals surface area contributed by atoms with E-state index in [1.54, 1.807) is 29.3 Å². The highest BCUT2D eigenvalue weighted by molar-refractivity contribution is 9.10. The lowest BCUT2D eigenvalue weighted by atomic mass is 10.1. The molecule has 4 aromatic rings. The van der Waals surface area contributed by atoms with E-state index in [-0.39, 0.29) is 17.5 Å². The van der Waals surface area contributed by atoms with Gasteiger partial charge in [0, 0.05) is 31.0 Å². The van der Waals surface area contributed by atoms with Gasteiger partial charge in [0.2, 0.25) is 0 Å². The Bertz CT molecular complexity index is 1290. The lowest BCUT2D eigenvalue weighted by molar-refractivity contribution is 0.0947. The van der Waals surface area contributed by atoms with Crippen LogP contribution in [0.4, 0.5) is 10.2 Å². The van der Waals surface area contributed by atoms with Crippen molar-refractivity contribution in [2.45, 2.75) is 25.4 Å². The Labute approximate surface area is 185 Å². The van der Waals surface area contributed by atoms with Crippen molar-refractivity contribution in [3.8, 4) is 11.3 Å². The van der Waals surface area contributed by atoms with Gasteiger partial charge in [-0.15, -0.1) is 0 Å². The Morgan fingerprint density at radius 1 is 1.32 bits per heavy atom. The smallest absolute Gasteiger partial charge is 0.254 e. The number of nitrogens with zero attached hydrogens (tertiary/aromatic N) is 5. The molecule has 0 spiro atoms. The van der Waals surface area contributed by atoms with E-state index in [0.717, 1.165) is 18.5 Å². The first-order valence-electron chi connectivity index (χ1n) is 9.85. The summed E-state index contributed by atoms with van der Waals surface area (Å²) >= 11 is 3.44. The highest BCUT2D eigenvalue weighted by atomic mass is 79.9. The normalized spacial score (nSPS) is 13.5. The molecule has 1 aliphatic carbocycles. The molecule has 1 aliphatic rings. The van der Waals surface area contributed by atoms with E-state index in [2.05, 4.69) is 41.6 Å². The monoisotopic (exact) mass is 483 g/mol. The summed E-state index contributed by atoms with van der Waals surface area (Å²) in [7, 11) is 1.87. The summed E-state index contributed by atoms with van der Waals surface area (Å²) in [5.74, 6) is -0.353. The van der Waals surface area contributed by atoms with Gasteiger partial charge in [-0.25, -0.2) is 14.4 Å². The number of imidazole rings is 1. The van der Waals surface area contributed by atoms with Gasteiger partial charge in [-0.2, -0.15) is 5.10 Å². The Kier molecular flexibility index (Phi) is 4.93. The molecular weight excluding hydrogens is 465 g/mol. The summed E-state index contributed by atoms with van der Waals surface area (Å²) in [6, 6.07) is 6.70. The molecule has 0 bridgehead atoms. The zero-order valence-electron chi connectivity index (χ0n) is 16.6. The predicted molar refractivity (Wildman–Crippen MR) is 117 cm³/mol. The highest BCUT2D eigenvalue weighted by Crippen LogP contribution is 2.28. The fourth-order valence-electron chi connectivity index (χ4n) is 3.39. The second-order valence-corrected chi connectivity index (χ2v) is 8.30. The van der Waals surface area contributed by atoms with E-state index in [0.29, 0.717) is 33.9 Å². The molecule has 0 atom stereocenters. The van der Waals surface area contributed by atoms with Gasteiger partial charge in [0.05, 0.1) is 29.7 Å². The first-order valence-corrected chi connectivity index (χ1v) is 10.6. The van der Waals surface area contributed by atoms with E-state index in [9.17, 15) is 9.18 Å². The number of halogens is 2. The number of amides is 1. The van der Waals surface area contributed by atoms with Crippen molar-refractivity contribution < 1.29 is 9.18 Å². The summed E-state index contributed by atoms with van der Waals surface area (Å²) in [5.41, 5.74) is 2.95. The third-order valence-electron chi connectivity index (χ3n) is 5.24. The summed E-state index contributed by atoms with van der Waals surface area (Å²) in [4.78, 5) is 21.2.